The number of rotatable bonds is 4. The minimum absolute atomic E-state index is 0.0115. The number of benzene rings is 2. The minimum Gasteiger partial charge on any atom is -0.545 e. The molecular formula is C17H12BrN2O3S-. The summed E-state index contributed by atoms with van der Waals surface area (Å²) in [5, 5.41) is 16.2. The van der Waals surface area contributed by atoms with Crippen LogP contribution >= 0.6 is 28.1 Å². The van der Waals surface area contributed by atoms with Crippen molar-refractivity contribution in [2.75, 3.05) is 5.32 Å². The van der Waals surface area contributed by atoms with Gasteiger partial charge in [-0.3, -0.25) is 10.1 Å². The van der Waals surface area contributed by atoms with Crippen molar-refractivity contribution in [2.45, 2.75) is 0 Å². The lowest BCUT2D eigenvalue weighted by atomic mass is 10.2. The fourth-order valence-corrected chi connectivity index (χ4v) is 2.41. The van der Waals surface area contributed by atoms with Gasteiger partial charge in [-0.25, -0.2) is 0 Å². The zero-order valence-corrected chi connectivity index (χ0v) is 14.7. The molecule has 2 rings (SSSR count). The second-order valence-corrected chi connectivity index (χ2v) is 5.99. The van der Waals surface area contributed by atoms with Crippen LogP contribution in [-0.2, 0) is 4.79 Å². The van der Waals surface area contributed by atoms with Gasteiger partial charge in [0.25, 0.3) is 0 Å². The lowest BCUT2D eigenvalue weighted by Gasteiger charge is -2.14. The smallest absolute Gasteiger partial charge is 0.250 e. The van der Waals surface area contributed by atoms with Gasteiger partial charge in [-0.15, -0.1) is 0 Å². The molecule has 0 atom stereocenters. The molecule has 0 spiro atoms. The molecule has 0 aromatic heterocycles. The molecule has 7 heteroatoms. The molecule has 0 aliphatic carbocycles. The van der Waals surface area contributed by atoms with Crippen LogP contribution in [0.5, 0.6) is 0 Å². The molecule has 0 radical (unpaired) electrons. The van der Waals surface area contributed by atoms with Gasteiger partial charge in [0.15, 0.2) is 5.11 Å². The van der Waals surface area contributed by atoms with E-state index in [0.29, 0.717) is 4.47 Å². The van der Waals surface area contributed by atoms with E-state index in [-0.39, 0.29) is 16.4 Å². The molecule has 0 fully saturated rings. The van der Waals surface area contributed by atoms with E-state index in [0.717, 1.165) is 5.56 Å². The molecule has 0 aliphatic rings. The summed E-state index contributed by atoms with van der Waals surface area (Å²) in [5.74, 6) is -1.78. The highest BCUT2D eigenvalue weighted by molar-refractivity contribution is 9.10. The van der Waals surface area contributed by atoms with Crippen LogP contribution in [0.25, 0.3) is 6.08 Å². The van der Waals surface area contributed by atoms with E-state index in [4.69, 9.17) is 12.2 Å². The molecule has 2 aromatic carbocycles. The van der Waals surface area contributed by atoms with E-state index in [2.05, 4.69) is 26.6 Å². The van der Waals surface area contributed by atoms with Crippen LogP contribution < -0.4 is 15.7 Å². The average Bonchev–Trinajstić information content (AvgIpc) is 2.55. The Kier molecular flexibility index (Phi) is 6.22. The normalized spacial score (nSPS) is 10.4. The predicted molar refractivity (Wildman–Crippen MR) is 98.3 cm³/mol. The van der Waals surface area contributed by atoms with Crippen LogP contribution in [0.15, 0.2) is 59.1 Å². The Morgan fingerprint density at radius 2 is 1.83 bits per heavy atom. The number of nitrogens with one attached hydrogen (secondary N) is 2. The monoisotopic (exact) mass is 403 g/mol. The molecule has 1 amide bonds. The number of carboxylic acid groups (broad SMARTS) is 1. The Hall–Kier alpha value is -2.51. The number of carbonyl (C=O) groups is 2. The first-order valence-electron chi connectivity index (χ1n) is 6.81. The predicted octanol–water partition coefficient (Wildman–Crippen LogP) is 2.34. The first-order chi connectivity index (χ1) is 11.5. The van der Waals surface area contributed by atoms with Gasteiger partial charge >= 0.3 is 0 Å². The fraction of sp³-hybridized carbons (Fsp3) is 0. The topological polar surface area (TPSA) is 81.3 Å². The Bertz CT molecular complexity index is 807. The Morgan fingerprint density at radius 3 is 2.50 bits per heavy atom. The van der Waals surface area contributed by atoms with Gasteiger partial charge in [-0.1, -0.05) is 46.3 Å². The largest absolute Gasteiger partial charge is 0.545 e. The molecule has 0 unspecified atom stereocenters. The van der Waals surface area contributed by atoms with Crippen LogP contribution in [0.3, 0.4) is 0 Å². The maximum Gasteiger partial charge on any atom is 0.250 e. The van der Waals surface area contributed by atoms with Gasteiger partial charge in [0.2, 0.25) is 5.91 Å². The third kappa shape index (κ3) is 5.29. The Morgan fingerprint density at radius 1 is 1.12 bits per heavy atom. The molecule has 0 bridgehead atoms. The van der Waals surface area contributed by atoms with Crippen molar-refractivity contribution in [1.82, 2.24) is 5.32 Å². The third-order valence-electron chi connectivity index (χ3n) is 2.91. The van der Waals surface area contributed by atoms with E-state index in [1.54, 1.807) is 12.1 Å². The van der Waals surface area contributed by atoms with Gasteiger partial charge in [0.05, 0.1) is 5.97 Å². The first kappa shape index (κ1) is 17.8. The van der Waals surface area contributed by atoms with Gasteiger partial charge in [-0.05, 0) is 42.1 Å². The van der Waals surface area contributed by atoms with E-state index in [9.17, 15) is 14.7 Å². The summed E-state index contributed by atoms with van der Waals surface area (Å²) in [6, 6.07) is 13.9. The van der Waals surface area contributed by atoms with Crippen LogP contribution in [0.2, 0.25) is 0 Å². The zero-order valence-electron chi connectivity index (χ0n) is 12.3. The van der Waals surface area contributed by atoms with Crippen LogP contribution in [0.1, 0.15) is 15.9 Å². The molecule has 5 nitrogen and oxygen atoms in total. The first-order valence-corrected chi connectivity index (χ1v) is 8.02. The minimum atomic E-state index is -1.35. The number of aromatic carboxylic acids is 1. The molecule has 0 aliphatic heterocycles. The maximum atomic E-state index is 11.8. The highest BCUT2D eigenvalue weighted by atomic mass is 79.9. The zero-order chi connectivity index (χ0) is 17.5. The summed E-state index contributed by atoms with van der Waals surface area (Å²) in [6.07, 6.45) is 2.98. The van der Waals surface area contributed by atoms with E-state index in [1.807, 2.05) is 30.3 Å². The molecule has 0 heterocycles. The van der Waals surface area contributed by atoms with Gasteiger partial charge in [0.1, 0.15) is 0 Å². The molecule has 24 heavy (non-hydrogen) atoms. The number of halogens is 1. The second-order valence-electron chi connectivity index (χ2n) is 4.66. The summed E-state index contributed by atoms with van der Waals surface area (Å²) in [5.41, 5.74) is 1.04. The lowest BCUT2D eigenvalue weighted by molar-refractivity contribution is -0.254. The molecule has 0 saturated heterocycles. The van der Waals surface area contributed by atoms with Crippen LogP contribution in [0, 0.1) is 0 Å². The molecule has 122 valence electrons. The van der Waals surface area contributed by atoms with E-state index < -0.39 is 11.9 Å². The van der Waals surface area contributed by atoms with Crippen molar-refractivity contribution >= 4 is 56.9 Å². The molecular weight excluding hydrogens is 392 g/mol. The number of carbonyl (C=O) groups excluding carboxylic acids is 2. The van der Waals surface area contributed by atoms with Crippen LogP contribution in [-0.4, -0.2) is 17.0 Å². The van der Waals surface area contributed by atoms with Crippen molar-refractivity contribution < 1.29 is 14.7 Å². The third-order valence-corrected chi connectivity index (χ3v) is 3.61. The van der Waals surface area contributed by atoms with Crippen molar-refractivity contribution in [1.29, 1.82) is 0 Å². The summed E-state index contributed by atoms with van der Waals surface area (Å²) in [7, 11) is 0. The summed E-state index contributed by atoms with van der Waals surface area (Å²) < 4.78 is 0.591. The highest BCUT2D eigenvalue weighted by Crippen LogP contribution is 2.20. The Labute approximate surface area is 152 Å². The molecule has 2 aromatic rings. The molecule has 2 N–H and O–H groups in total. The number of anilines is 1. The van der Waals surface area contributed by atoms with Crippen LogP contribution in [0.4, 0.5) is 5.69 Å². The quantitative estimate of drug-likeness (QED) is 0.604. The summed E-state index contributed by atoms with van der Waals surface area (Å²) >= 11 is 8.20. The number of thiocarbonyl (C=S) groups is 1. The van der Waals surface area contributed by atoms with Crippen molar-refractivity contribution in [3.63, 3.8) is 0 Å². The van der Waals surface area contributed by atoms with E-state index >= 15 is 0 Å². The number of amides is 1. The average molecular weight is 404 g/mol. The van der Waals surface area contributed by atoms with Gasteiger partial charge in [-0.2, -0.15) is 0 Å². The number of hydrogen-bond acceptors (Lipinski definition) is 4. The standard InChI is InChI=1S/C17H13BrN2O3S/c18-12-7-8-14(13(10-12)16(22)23)19-17(24)20-15(21)9-6-11-4-2-1-3-5-11/h1-10H,(H,22,23)(H2,19,20,21,24)/p-1/b9-6+. The van der Waals surface area contributed by atoms with E-state index in [1.165, 1.54) is 18.2 Å². The van der Waals surface area contributed by atoms with Crippen molar-refractivity contribution in [3.8, 4) is 0 Å². The molecule has 0 saturated carbocycles. The maximum absolute atomic E-state index is 11.8. The van der Waals surface area contributed by atoms with Crippen molar-refractivity contribution in [2.24, 2.45) is 0 Å². The highest BCUT2D eigenvalue weighted by Gasteiger charge is 2.07. The number of hydrogen-bond donors (Lipinski definition) is 2. The fourth-order valence-electron chi connectivity index (χ4n) is 1.84. The summed E-state index contributed by atoms with van der Waals surface area (Å²) in [4.78, 5) is 23.0. The van der Waals surface area contributed by atoms with Gasteiger partial charge in [0, 0.05) is 21.8 Å². The number of carboxylic acids is 1. The lowest BCUT2D eigenvalue weighted by Crippen LogP contribution is -2.34. The van der Waals surface area contributed by atoms with Crippen molar-refractivity contribution in [3.05, 3.63) is 70.2 Å². The second kappa shape index (κ2) is 8.37. The SMILES string of the molecule is O=C(/C=C/c1ccccc1)NC(=S)Nc1ccc(Br)cc1C(=O)[O-]. The summed E-state index contributed by atoms with van der Waals surface area (Å²) in [6.45, 7) is 0. The van der Waals surface area contributed by atoms with Gasteiger partial charge < -0.3 is 15.2 Å². The Balaban J connectivity index is 2.00.